The van der Waals surface area contributed by atoms with Crippen molar-refractivity contribution in [3.05, 3.63) is 34.3 Å². The van der Waals surface area contributed by atoms with Crippen LogP contribution in [-0.4, -0.2) is 11.6 Å². The zero-order valence-corrected chi connectivity index (χ0v) is 10.2. The summed E-state index contributed by atoms with van der Waals surface area (Å²) in [5, 5.41) is 2.78. The smallest absolute Gasteiger partial charge is 0.408 e. The fourth-order valence-electron chi connectivity index (χ4n) is 1.77. The van der Waals surface area contributed by atoms with Gasteiger partial charge in [0.05, 0.1) is 5.54 Å². The third-order valence-electron chi connectivity index (χ3n) is 2.46. The van der Waals surface area contributed by atoms with E-state index in [4.69, 9.17) is 4.74 Å². The molecule has 0 saturated carbocycles. The molecule has 15 heavy (non-hydrogen) atoms. The largest absolute Gasteiger partial charge is 0.439 e. The van der Waals surface area contributed by atoms with Crippen LogP contribution >= 0.6 is 15.9 Å². The molecule has 1 heterocycles. The second kappa shape index (κ2) is 3.52. The van der Waals surface area contributed by atoms with Crippen molar-refractivity contribution in [3.63, 3.8) is 0 Å². The van der Waals surface area contributed by atoms with Gasteiger partial charge in [-0.1, -0.05) is 28.1 Å². The first-order valence-electron chi connectivity index (χ1n) is 4.73. The van der Waals surface area contributed by atoms with Gasteiger partial charge in [-0.2, -0.15) is 0 Å². The molecular formula is C11H12BrNO2. The quantitative estimate of drug-likeness (QED) is 0.851. The predicted molar refractivity (Wildman–Crippen MR) is 60.6 cm³/mol. The minimum absolute atomic E-state index is 0.234. The minimum Gasteiger partial charge on any atom is -0.439 e. The van der Waals surface area contributed by atoms with Crippen LogP contribution in [0.4, 0.5) is 4.79 Å². The van der Waals surface area contributed by atoms with E-state index < -0.39 is 0 Å². The van der Waals surface area contributed by atoms with Crippen LogP contribution in [0.2, 0.25) is 0 Å². The SMILES string of the molecule is CC1(C)NC(=O)OC1c1cccc(Br)c1. The molecule has 1 aliphatic rings. The molecule has 1 amide bonds. The Kier molecular flexibility index (Phi) is 2.46. The summed E-state index contributed by atoms with van der Waals surface area (Å²) >= 11 is 3.40. The van der Waals surface area contributed by atoms with Crippen molar-refractivity contribution in [3.8, 4) is 0 Å². The highest BCUT2D eigenvalue weighted by Gasteiger charge is 2.41. The Morgan fingerprint density at radius 1 is 1.47 bits per heavy atom. The molecule has 1 unspecified atom stereocenters. The molecule has 1 aromatic rings. The Morgan fingerprint density at radius 2 is 2.20 bits per heavy atom. The lowest BCUT2D eigenvalue weighted by Crippen LogP contribution is -2.38. The number of ether oxygens (including phenoxy) is 1. The van der Waals surface area contributed by atoms with Crippen LogP contribution in [0, 0.1) is 0 Å². The number of hydrogen-bond donors (Lipinski definition) is 1. The Bertz CT molecular complexity index is 403. The van der Waals surface area contributed by atoms with Crippen molar-refractivity contribution in [2.75, 3.05) is 0 Å². The molecule has 0 spiro atoms. The summed E-state index contributed by atoms with van der Waals surface area (Å²) in [6, 6.07) is 7.80. The van der Waals surface area contributed by atoms with Gasteiger partial charge in [0, 0.05) is 4.47 Å². The molecule has 0 aromatic heterocycles. The first kappa shape index (κ1) is 10.5. The highest BCUT2D eigenvalue weighted by molar-refractivity contribution is 9.10. The summed E-state index contributed by atoms with van der Waals surface area (Å²) in [7, 11) is 0. The van der Waals surface area contributed by atoms with Gasteiger partial charge in [0.2, 0.25) is 0 Å². The van der Waals surface area contributed by atoms with E-state index >= 15 is 0 Å². The van der Waals surface area contributed by atoms with E-state index in [2.05, 4.69) is 21.2 Å². The monoisotopic (exact) mass is 269 g/mol. The fraction of sp³-hybridized carbons (Fsp3) is 0.364. The predicted octanol–water partition coefficient (Wildman–Crippen LogP) is 3.01. The normalized spacial score (nSPS) is 23.4. The van der Waals surface area contributed by atoms with Crippen molar-refractivity contribution in [2.45, 2.75) is 25.5 Å². The van der Waals surface area contributed by atoms with Crippen molar-refractivity contribution >= 4 is 22.0 Å². The lowest BCUT2D eigenvalue weighted by molar-refractivity contribution is 0.118. The average molecular weight is 270 g/mol. The summed E-state index contributed by atoms with van der Waals surface area (Å²) in [5.74, 6) is 0. The molecule has 0 radical (unpaired) electrons. The molecule has 1 fully saturated rings. The lowest BCUT2D eigenvalue weighted by Gasteiger charge is -2.23. The van der Waals surface area contributed by atoms with Gasteiger partial charge in [-0.25, -0.2) is 4.79 Å². The third kappa shape index (κ3) is 2.00. The number of benzene rings is 1. The molecule has 2 rings (SSSR count). The van der Waals surface area contributed by atoms with Crippen molar-refractivity contribution < 1.29 is 9.53 Å². The number of alkyl carbamates (subject to hydrolysis) is 1. The van der Waals surface area contributed by atoms with Crippen LogP contribution in [0.5, 0.6) is 0 Å². The topological polar surface area (TPSA) is 38.3 Å². The van der Waals surface area contributed by atoms with Gasteiger partial charge in [0.15, 0.2) is 6.10 Å². The molecule has 80 valence electrons. The molecule has 1 saturated heterocycles. The molecule has 1 aromatic carbocycles. The number of rotatable bonds is 1. The van der Waals surface area contributed by atoms with Crippen molar-refractivity contribution in [1.82, 2.24) is 5.32 Å². The van der Waals surface area contributed by atoms with Gasteiger partial charge < -0.3 is 10.1 Å². The molecule has 3 nitrogen and oxygen atoms in total. The molecule has 0 bridgehead atoms. The van der Waals surface area contributed by atoms with Crippen LogP contribution in [0.3, 0.4) is 0 Å². The maximum Gasteiger partial charge on any atom is 0.408 e. The second-order valence-electron chi connectivity index (χ2n) is 4.19. The zero-order chi connectivity index (χ0) is 11.1. The van der Waals surface area contributed by atoms with Gasteiger partial charge in [-0.15, -0.1) is 0 Å². The van der Waals surface area contributed by atoms with Crippen LogP contribution in [-0.2, 0) is 4.74 Å². The van der Waals surface area contributed by atoms with Crippen LogP contribution < -0.4 is 5.32 Å². The van der Waals surface area contributed by atoms with Gasteiger partial charge in [0.25, 0.3) is 0 Å². The Hall–Kier alpha value is -1.03. The standard InChI is InChI=1S/C11H12BrNO2/c1-11(2)9(15-10(14)13-11)7-4-3-5-8(12)6-7/h3-6,9H,1-2H3,(H,13,14). The van der Waals surface area contributed by atoms with Gasteiger partial charge in [-0.05, 0) is 31.5 Å². The Balaban J connectivity index is 2.35. The lowest BCUT2D eigenvalue weighted by atomic mass is 9.92. The number of cyclic esters (lactones) is 1. The molecular weight excluding hydrogens is 258 g/mol. The highest BCUT2D eigenvalue weighted by atomic mass is 79.9. The van der Waals surface area contributed by atoms with E-state index in [1.807, 2.05) is 38.1 Å². The highest BCUT2D eigenvalue weighted by Crippen LogP contribution is 2.34. The Labute approximate surface area is 96.9 Å². The Morgan fingerprint density at radius 3 is 2.73 bits per heavy atom. The van der Waals surface area contributed by atoms with Gasteiger partial charge >= 0.3 is 6.09 Å². The van der Waals surface area contributed by atoms with Crippen LogP contribution in [0.25, 0.3) is 0 Å². The number of carbonyl (C=O) groups is 1. The molecule has 0 aliphatic carbocycles. The maximum absolute atomic E-state index is 11.2. The van der Waals surface area contributed by atoms with E-state index in [-0.39, 0.29) is 17.7 Å². The van der Waals surface area contributed by atoms with E-state index in [1.165, 1.54) is 0 Å². The first-order valence-corrected chi connectivity index (χ1v) is 5.52. The third-order valence-corrected chi connectivity index (χ3v) is 2.95. The van der Waals surface area contributed by atoms with Crippen LogP contribution in [0.1, 0.15) is 25.5 Å². The first-order chi connectivity index (χ1) is 6.99. The summed E-state index contributed by atoms with van der Waals surface area (Å²) in [4.78, 5) is 11.2. The molecule has 4 heteroatoms. The summed E-state index contributed by atoms with van der Waals surface area (Å²) < 4.78 is 6.23. The number of amides is 1. The molecule has 1 atom stereocenters. The zero-order valence-electron chi connectivity index (χ0n) is 8.58. The van der Waals surface area contributed by atoms with E-state index in [9.17, 15) is 4.79 Å². The summed E-state index contributed by atoms with van der Waals surface area (Å²) in [6.45, 7) is 3.90. The number of hydrogen-bond acceptors (Lipinski definition) is 2. The molecule has 1 N–H and O–H groups in total. The van der Waals surface area contributed by atoms with Crippen molar-refractivity contribution in [1.29, 1.82) is 0 Å². The summed E-state index contributed by atoms with van der Waals surface area (Å²) in [6.07, 6.45) is -0.590. The fourth-order valence-corrected chi connectivity index (χ4v) is 2.18. The van der Waals surface area contributed by atoms with Crippen molar-refractivity contribution in [2.24, 2.45) is 0 Å². The second-order valence-corrected chi connectivity index (χ2v) is 5.10. The summed E-state index contributed by atoms with van der Waals surface area (Å²) in [5.41, 5.74) is 0.630. The average Bonchev–Trinajstić information content (AvgIpc) is 2.39. The van der Waals surface area contributed by atoms with E-state index in [0.717, 1.165) is 10.0 Å². The number of carbonyl (C=O) groups excluding carboxylic acids is 1. The van der Waals surface area contributed by atoms with Gasteiger partial charge in [0.1, 0.15) is 0 Å². The maximum atomic E-state index is 11.2. The number of halogens is 1. The van der Waals surface area contributed by atoms with Gasteiger partial charge in [-0.3, -0.25) is 0 Å². The van der Waals surface area contributed by atoms with Crippen LogP contribution in [0.15, 0.2) is 28.7 Å². The van der Waals surface area contributed by atoms with E-state index in [1.54, 1.807) is 0 Å². The molecule has 1 aliphatic heterocycles. The minimum atomic E-state index is -0.363. The number of nitrogens with one attached hydrogen (secondary N) is 1. The van der Waals surface area contributed by atoms with E-state index in [0.29, 0.717) is 0 Å².